The van der Waals surface area contributed by atoms with E-state index in [2.05, 4.69) is 27.9 Å². The number of anilines is 1. The van der Waals surface area contributed by atoms with Crippen molar-refractivity contribution in [3.05, 3.63) is 47.2 Å². The molecule has 2 fully saturated rings. The number of hydrogen-bond acceptors (Lipinski definition) is 8. The zero-order chi connectivity index (χ0) is 21.8. The first-order valence-electron chi connectivity index (χ1n) is 11.2. The summed E-state index contributed by atoms with van der Waals surface area (Å²) in [4.78, 5) is 16.1. The SMILES string of the molecule is CCc1nc(/C(N)=C(\COc2nccc(C3CCC3)n2)N(C)N)ccc1N1CCCC1. The summed E-state index contributed by atoms with van der Waals surface area (Å²) in [5.74, 6) is 6.61. The number of hydrogen-bond donors (Lipinski definition) is 2. The van der Waals surface area contributed by atoms with Gasteiger partial charge in [-0.2, -0.15) is 4.98 Å². The van der Waals surface area contributed by atoms with Crippen LogP contribution in [-0.2, 0) is 6.42 Å². The van der Waals surface area contributed by atoms with E-state index in [0.29, 0.717) is 29.0 Å². The van der Waals surface area contributed by atoms with Gasteiger partial charge in [0, 0.05) is 32.3 Å². The summed E-state index contributed by atoms with van der Waals surface area (Å²) in [6.45, 7) is 4.47. The minimum atomic E-state index is 0.171. The van der Waals surface area contributed by atoms with E-state index in [-0.39, 0.29) is 6.61 Å². The van der Waals surface area contributed by atoms with Crippen molar-refractivity contribution < 1.29 is 4.74 Å². The van der Waals surface area contributed by atoms with Gasteiger partial charge in [0.05, 0.1) is 34.2 Å². The van der Waals surface area contributed by atoms with Gasteiger partial charge in [-0.05, 0) is 50.3 Å². The average molecular weight is 424 g/mol. The monoisotopic (exact) mass is 423 g/mol. The van der Waals surface area contributed by atoms with Gasteiger partial charge in [-0.25, -0.2) is 15.8 Å². The molecule has 0 spiro atoms. The molecule has 31 heavy (non-hydrogen) atoms. The van der Waals surface area contributed by atoms with Gasteiger partial charge < -0.3 is 20.4 Å². The highest BCUT2D eigenvalue weighted by Crippen LogP contribution is 2.35. The predicted molar refractivity (Wildman–Crippen MR) is 122 cm³/mol. The number of nitrogens with zero attached hydrogens (tertiary/aromatic N) is 5. The molecule has 4 rings (SSSR count). The van der Waals surface area contributed by atoms with E-state index in [1.54, 1.807) is 13.2 Å². The molecule has 166 valence electrons. The van der Waals surface area contributed by atoms with Gasteiger partial charge >= 0.3 is 6.01 Å². The third-order valence-electron chi connectivity index (χ3n) is 6.26. The Morgan fingerprint density at radius 1 is 1.16 bits per heavy atom. The van der Waals surface area contributed by atoms with Crippen molar-refractivity contribution in [1.29, 1.82) is 0 Å². The summed E-state index contributed by atoms with van der Waals surface area (Å²) in [5.41, 5.74) is 11.7. The molecule has 2 aromatic heterocycles. The van der Waals surface area contributed by atoms with Gasteiger partial charge in [0.25, 0.3) is 0 Å². The maximum atomic E-state index is 6.50. The maximum Gasteiger partial charge on any atom is 0.316 e. The second-order valence-corrected chi connectivity index (χ2v) is 8.36. The van der Waals surface area contributed by atoms with Crippen molar-refractivity contribution in [2.24, 2.45) is 11.6 Å². The Morgan fingerprint density at radius 2 is 1.94 bits per heavy atom. The molecular formula is C23H33N7O. The Hall–Kier alpha value is -2.87. The minimum absolute atomic E-state index is 0.171. The topological polar surface area (TPSA) is 106 Å². The smallest absolute Gasteiger partial charge is 0.316 e. The molecule has 0 atom stereocenters. The fourth-order valence-electron chi connectivity index (χ4n) is 4.16. The molecule has 4 N–H and O–H groups in total. The van der Waals surface area contributed by atoms with Gasteiger partial charge in [0.2, 0.25) is 0 Å². The zero-order valence-electron chi connectivity index (χ0n) is 18.5. The third-order valence-corrected chi connectivity index (χ3v) is 6.26. The summed E-state index contributed by atoms with van der Waals surface area (Å²) >= 11 is 0. The average Bonchev–Trinajstić information content (AvgIpc) is 3.27. The molecule has 1 saturated carbocycles. The van der Waals surface area contributed by atoms with E-state index in [0.717, 1.165) is 30.9 Å². The second kappa shape index (κ2) is 9.51. The molecule has 8 nitrogen and oxygen atoms in total. The molecule has 3 heterocycles. The lowest BCUT2D eigenvalue weighted by Crippen LogP contribution is -2.31. The highest BCUT2D eigenvalue weighted by Gasteiger charge is 2.22. The molecule has 1 aliphatic heterocycles. The normalized spacial score (nSPS) is 17.3. The Morgan fingerprint density at radius 3 is 2.58 bits per heavy atom. The molecule has 2 aliphatic rings. The van der Waals surface area contributed by atoms with Crippen LogP contribution in [0.1, 0.15) is 62.0 Å². The van der Waals surface area contributed by atoms with Crippen LogP contribution in [0.4, 0.5) is 5.69 Å². The quantitative estimate of drug-likeness (QED) is 0.493. The Kier molecular flexibility index (Phi) is 6.56. The molecule has 0 aromatic carbocycles. The molecule has 0 bridgehead atoms. The van der Waals surface area contributed by atoms with Crippen molar-refractivity contribution in [3.8, 4) is 6.01 Å². The largest absolute Gasteiger partial charge is 0.457 e. The summed E-state index contributed by atoms with van der Waals surface area (Å²) in [5, 5.41) is 1.48. The van der Waals surface area contributed by atoms with Crippen molar-refractivity contribution in [2.75, 3.05) is 31.6 Å². The van der Waals surface area contributed by atoms with Crippen LogP contribution in [-0.4, -0.2) is 46.7 Å². The number of nitrogens with two attached hydrogens (primary N) is 2. The first-order chi connectivity index (χ1) is 15.1. The van der Waals surface area contributed by atoms with E-state index in [1.165, 1.54) is 42.8 Å². The lowest BCUT2D eigenvalue weighted by molar-refractivity contribution is 0.275. The lowest BCUT2D eigenvalue weighted by atomic mass is 9.83. The van der Waals surface area contributed by atoms with Crippen LogP contribution in [0.5, 0.6) is 6.01 Å². The first-order valence-corrected chi connectivity index (χ1v) is 11.2. The second-order valence-electron chi connectivity index (χ2n) is 8.36. The number of pyridine rings is 1. The Bertz CT molecular complexity index is 933. The van der Waals surface area contributed by atoms with Gasteiger partial charge in [0.15, 0.2) is 0 Å². The van der Waals surface area contributed by atoms with Crippen LogP contribution in [0.2, 0.25) is 0 Å². The molecule has 1 aliphatic carbocycles. The molecular weight excluding hydrogens is 390 g/mol. The fourth-order valence-corrected chi connectivity index (χ4v) is 4.16. The number of aromatic nitrogens is 3. The molecule has 8 heteroatoms. The number of hydrazine groups is 1. The maximum absolute atomic E-state index is 6.50. The first kappa shape index (κ1) is 21.4. The fraction of sp³-hybridized carbons (Fsp3) is 0.522. The zero-order valence-corrected chi connectivity index (χ0v) is 18.5. The summed E-state index contributed by atoms with van der Waals surface area (Å²) in [6.07, 6.45) is 8.68. The van der Waals surface area contributed by atoms with E-state index < -0.39 is 0 Å². The van der Waals surface area contributed by atoms with Crippen molar-refractivity contribution in [3.63, 3.8) is 0 Å². The van der Waals surface area contributed by atoms with E-state index in [1.807, 2.05) is 12.1 Å². The molecule has 1 saturated heterocycles. The minimum Gasteiger partial charge on any atom is -0.457 e. The van der Waals surface area contributed by atoms with E-state index >= 15 is 0 Å². The van der Waals surface area contributed by atoms with Gasteiger partial charge in [0.1, 0.15) is 6.61 Å². The van der Waals surface area contributed by atoms with Crippen LogP contribution < -0.4 is 21.2 Å². The summed E-state index contributed by atoms with van der Waals surface area (Å²) < 4.78 is 5.88. The third kappa shape index (κ3) is 4.74. The van der Waals surface area contributed by atoms with Crippen molar-refractivity contribution in [1.82, 2.24) is 20.0 Å². The summed E-state index contributed by atoms with van der Waals surface area (Å²) in [7, 11) is 1.75. The molecule has 2 aromatic rings. The number of likely N-dealkylation sites (N-methyl/N-ethyl adjacent to an activating group) is 1. The summed E-state index contributed by atoms with van der Waals surface area (Å²) in [6, 6.07) is 6.41. The van der Waals surface area contributed by atoms with Crippen LogP contribution in [0, 0.1) is 0 Å². The van der Waals surface area contributed by atoms with Gasteiger partial charge in [-0.15, -0.1) is 0 Å². The van der Waals surface area contributed by atoms with Gasteiger partial charge in [-0.1, -0.05) is 13.3 Å². The lowest BCUT2D eigenvalue weighted by Gasteiger charge is -2.25. The molecule has 0 amide bonds. The number of aryl methyl sites for hydroxylation is 1. The van der Waals surface area contributed by atoms with Crippen LogP contribution in [0.25, 0.3) is 5.70 Å². The predicted octanol–water partition coefficient (Wildman–Crippen LogP) is 2.81. The Balaban J connectivity index is 1.54. The highest BCUT2D eigenvalue weighted by atomic mass is 16.5. The number of ether oxygens (including phenoxy) is 1. The molecule has 0 unspecified atom stereocenters. The highest BCUT2D eigenvalue weighted by molar-refractivity contribution is 5.65. The Labute approximate surface area is 184 Å². The van der Waals surface area contributed by atoms with Gasteiger partial charge in [-0.3, -0.25) is 0 Å². The molecule has 0 radical (unpaired) electrons. The standard InChI is InChI=1S/C23H33N7O/c1-3-17-20(30-13-4-5-14-30)10-9-19(27-17)22(24)21(29(2)25)15-31-23-26-12-11-18(28-23)16-7-6-8-16/h9-12,16H,3-8,13-15,24-25H2,1-2H3/b22-21-. The van der Waals surface area contributed by atoms with Crippen LogP contribution >= 0.6 is 0 Å². The van der Waals surface area contributed by atoms with E-state index in [4.69, 9.17) is 21.3 Å². The van der Waals surface area contributed by atoms with Crippen molar-refractivity contribution >= 4 is 11.4 Å². The van der Waals surface area contributed by atoms with Crippen molar-refractivity contribution in [2.45, 2.75) is 51.4 Å². The number of rotatable bonds is 8. The van der Waals surface area contributed by atoms with E-state index in [9.17, 15) is 0 Å². The van der Waals surface area contributed by atoms with Crippen LogP contribution in [0.3, 0.4) is 0 Å². The van der Waals surface area contributed by atoms with Crippen LogP contribution in [0.15, 0.2) is 30.1 Å².